The molecule has 36 heavy (non-hydrogen) atoms. The Balaban J connectivity index is 1.75. The maximum atomic E-state index is 13.6. The number of aryl methyl sites for hydroxylation is 1. The van der Waals surface area contributed by atoms with Gasteiger partial charge in [-0.2, -0.15) is 0 Å². The number of rotatable bonds is 11. The number of nitrogens with one attached hydrogen (secondary N) is 1. The van der Waals surface area contributed by atoms with Gasteiger partial charge in [0.15, 0.2) is 0 Å². The normalized spacial score (nSPS) is 14.6. The summed E-state index contributed by atoms with van der Waals surface area (Å²) >= 11 is 0. The Kier molecular flexibility index (Phi) is 9.65. The first kappa shape index (κ1) is 27.4. The van der Waals surface area contributed by atoms with Crippen LogP contribution >= 0.6 is 0 Å². The van der Waals surface area contributed by atoms with Gasteiger partial charge in [-0.1, -0.05) is 18.9 Å². The number of nitro benzene ring substituents is 1. The minimum Gasteiger partial charge on any atom is -0.497 e. The third-order valence-electron chi connectivity index (χ3n) is 6.28. The van der Waals surface area contributed by atoms with Crippen LogP contribution in [0, 0.1) is 17.0 Å². The van der Waals surface area contributed by atoms with Gasteiger partial charge in [0.1, 0.15) is 12.3 Å². The molecule has 0 aromatic heterocycles. The van der Waals surface area contributed by atoms with Crippen molar-refractivity contribution in [2.24, 2.45) is 0 Å². The molecule has 0 aliphatic carbocycles. The lowest BCUT2D eigenvalue weighted by atomic mass is 10.2. The van der Waals surface area contributed by atoms with E-state index in [1.54, 1.807) is 12.1 Å². The van der Waals surface area contributed by atoms with Gasteiger partial charge >= 0.3 is 0 Å². The summed E-state index contributed by atoms with van der Waals surface area (Å²) in [4.78, 5) is 25.7. The number of likely N-dealkylation sites (tertiary alicyclic amines) is 1. The number of hydrogen-bond acceptors (Lipinski definition) is 7. The first-order valence-electron chi connectivity index (χ1n) is 12.1. The van der Waals surface area contributed by atoms with Crippen LogP contribution in [0.2, 0.25) is 0 Å². The molecule has 1 aliphatic heterocycles. The van der Waals surface area contributed by atoms with Crippen LogP contribution in [0.15, 0.2) is 47.4 Å². The van der Waals surface area contributed by atoms with E-state index in [-0.39, 0.29) is 16.3 Å². The van der Waals surface area contributed by atoms with Crippen molar-refractivity contribution in [3.8, 4) is 5.75 Å². The minimum absolute atomic E-state index is 0.249. The van der Waals surface area contributed by atoms with Crippen molar-refractivity contribution in [3.63, 3.8) is 0 Å². The Labute approximate surface area is 212 Å². The average Bonchev–Trinajstić information content (AvgIpc) is 3.14. The van der Waals surface area contributed by atoms with E-state index in [1.807, 2.05) is 0 Å². The monoisotopic (exact) mass is 518 g/mol. The molecule has 1 N–H and O–H groups in total. The Bertz CT molecular complexity index is 1150. The number of anilines is 1. The minimum atomic E-state index is -4.27. The highest BCUT2D eigenvalue weighted by atomic mass is 32.2. The molecule has 11 heteroatoms. The summed E-state index contributed by atoms with van der Waals surface area (Å²) in [6, 6.07) is 9.98. The van der Waals surface area contributed by atoms with Crippen molar-refractivity contribution in [1.82, 2.24) is 10.2 Å². The molecule has 0 atom stereocenters. The predicted molar refractivity (Wildman–Crippen MR) is 138 cm³/mol. The zero-order valence-electron chi connectivity index (χ0n) is 20.8. The van der Waals surface area contributed by atoms with E-state index in [4.69, 9.17) is 4.74 Å². The summed E-state index contributed by atoms with van der Waals surface area (Å²) in [5, 5.41) is 14.2. The van der Waals surface area contributed by atoms with Crippen molar-refractivity contribution >= 4 is 27.3 Å². The van der Waals surface area contributed by atoms with Gasteiger partial charge < -0.3 is 15.0 Å². The van der Waals surface area contributed by atoms with E-state index in [1.165, 1.54) is 64.0 Å². The summed E-state index contributed by atoms with van der Waals surface area (Å²) in [5.41, 5.74) is 0.291. The number of ether oxygens (including phenoxy) is 1. The molecule has 1 amide bonds. The lowest BCUT2D eigenvalue weighted by molar-refractivity contribution is -0.385. The number of methoxy groups -OCH3 is 1. The summed E-state index contributed by atoms with van der Waals surface area (Å²) in [5.74, 6) is 0.0758. The van der Waals surface area contributed by atoms with Crippen LogP contribution in [-0.2, 0) is 14.8 Å². The summed E-state index contributed by atoms with van der Waals surface area (Å²) in [7, 11) is -2.78. The summed E-state index contributed by atoms with van der Waals surface area (Å²) in [6.07, 6.45) is 5.67. The second-order valence-electron chi connectivity index (χ2n) is 8.87. The Morgan fingerprint density at radius 3 is 2.39 bits per heavy atom. The number of carbonyl (C=O) groups excluding carboxylic acids is 1. The van der Waals surface area contributed by atoms with Crippen molar-refractivity contribution in [3.05, 3.63) is 58.1 Å². The number of nitro groups is 1. The first-order valence-corrected chi connectivity index (χ1v) is 13.6. The molecule has 1 saturated heterocycles. The molecule has 0 bridgehead atoms. The molecule has 1 fully saturated rings. The molecule has 10 nitrogen and oxygen atoms in total. The van der Waals surface area contributed by atoms with Gasteiger partial charge in [0, 0.05) is 18.2 Å². The highest BCUT2D eigenvalue weighted by Gasteiger charge is 2.29. The van der Waals surface area contributed by atoms with Crippen LogP contribution < -0.4 is 14.4 Å². The molecule has 2 aromatic rings. The number of carbonyl (C=O) groups is 1. The average molecular weight is 519 g/mol. The molecule has 3 rings (SSSR count). The third kappa shape index (κ3) is 7.17. The van der Waals surface area contributed by atoms with Crippen LogP contribution in [0.3, 0.4) is 0 Å². The van der Waals surface area contributed by atoms with Gasteiger partial charge in [-0.05, 0) is 76.2 Å². The highest BCUT2D eigenvalue weighted by molar-refractivity contribution is 7.92. The van der Waals surface area contributed by atoms with Gasteiger partial charge in [0.2, 0.25) is 5.91 Å². The molecule has 0 radical (unpaired) electrons. The molecule has 2 aromatic carbocycles. The van der Waals surface area contributed by atoms with E-state index >= 15 is 0 Å². The summed E-state index contributed by atoms with van der Waals surface area (Å²) < 4.78 is 33.2. The number of amides is 1. The standard InChI is InChI=1S/C25H34N4O6S/c1-20-8-13-23(18-24(20)29(31)32)36(33,34)28(21-9-11-22(35-2)12-10-21)19-25(30)26-14-7-17-27-15-5-3-4-6-16-27/h8-13,18H,3-7,14-17,19H2,1-2H3,(H,26,30). The van der Waals surface area contributed by atoms with E-state index in [9.17, 15) is 23.3 Å². The zero-order chi connectivity index (χ0) is 26.1. The molecular weight excluding hydrogens is 484 g/mol. The van der Waals surface area contributed by atoms with Gasteiger partial charge in [-0.25, -0.2) is 8.42 Å². The van der Waals surface area contributed by atoms with Gasteiger partial charge in [-0.3, -0.25) is 19.2 Å². The van der Waals surface area contributed by atoms with E-state index < -0.39 is 27.4 Å². The number of sulfonamides is 1. The largest absolute Gasteiger partial charge is 0.497 e. The molecule has 1 heterocycles. The molecule has 1 aliphatic rings. The third-order valence-corrected chi connectivity index (χ3v) is 8.05. The van der Waals surface area contributed by atoms with Crippen LogP contribution in [0.1, 0.15) is 37.7 Å². The van der Waals surface area contributed by atoms with E-state index in [2.05, 4.69) is 10.2 Å². The van der Waals surface area contributed by atoms with Crippen LogP contribution in [-0.4, -0.2) is 64.0 Å². The SMILES string of the molecule is COc1ccc(N(CC(=O)NCCCN2CCCCCC2)S(=O)(=O)c2ccc(C)c([N+](=O)[O-])c2)cc1. The van der Waals surface area contributed by atoms with Gasteiger partial charge in [0.05, 0.1) is 22.6 Å². The molecule has 196 valence electrons. The fourth-order valence-corrected chi connectivity index (χ4v) is 5.66. The maximum absolute atomic E-state index is 13.6. The van der Waals surface area contributed by atoms with Gasteiger partial charge in [0.25, 0.3) is 15.7 Å². The lowest BCUT2D eigenvalue weighted by Crippen LogP contribution is -2.41. The second kappa shape index (κ2) is 12.7. The maximum Gasteiger partial charge on any atom is 0.273 e. The fourth-order valence-electron chi connectivity index (χ4n) is 4.21. The topological polar surface area (TPSA) is 122 Å². The van der Waals surface area contributed by atoms with Crippen LogP contribution in [0.4, 0.5) is 11.4 Å². The molecule has 0 spiro atoms. The first-order chi connectivity index (χ1) is 17.2. The zero-order valence-corrected chi connectivity index (χ0v) is 21.6. The predicted octanol–water partition coefficient (Wildman–Crippen LogP) is 3.49. The Morgan fingerprint density at radius 1 is 1.11 bits per heavy atom. The van der Waals surface area contributed by atoms with Crippen LogP contribution in [0.25, 0.3) is 0 Å². The van der Waals surface area contributed by atoms with Crippen molar-refractivity contribution in [2.45, 2.75) is 43.9 Å². The highest BCUT2D eigenvalue weighted by Crippen LogP contribution is 2.29. The lowest BCUT2D eigenvalue weighted by Gasteiger charge is -2.24. The molecule has 0 unspecified atom stereocenters. The second-order valence-corrected chi connectivity index (χ2v) is 10.7. The number of hydrogen-bond donors (Lipinski definition) is 1. The van der Waals surface area contributed by atoms with Crippen LogP contribution in [0.5, 0.6) is 5.75 Å². The smallest absolute Gasteiger partial charge is 0.273 e. The van der Waals surface area contributed by atoms with E-state index in [0.29, 0.717) is 17.9 Å². The quantitative estimate of drug-likeness (QED) is 0.274. The summed E-state index contributed by atoms with van der Waals surface area (Å²) in [6.45, 7) is 4.53. The van der Waals surface area contributed by atoms with Crippen molar-refractivity contribution in [1.29, 1.82) is 0 Å². The molecule has 0 saturated carbocycles. The Hall–Kier alpha value is -3.18. The van der Waals surface area contributed by atoms with Crippen molar-refractivity contribution < 1.29 is 22.9 Å². The van der Waals surface area contributed by atoms with Crippen molar-refractivity contribution in [2.75, 3.05) is 44.1 Å². The van der Waals surface area contributed by atoms with Gasteiger partial charge in [-0.15, -0.1) is 0 Å². The number of benzene rings is 2. The van der Waals surface area contributed by atoms with E-state index in [0.717, 1.165) is 36.4 Å². The molecular formula is C25H34N4O6S. The fraction of sp³-hybridized carbons (Fsp3) is 0.480. The Morgan fingerprint density at radius 2 is 1.78 bits per heavy atom. The number of nitrogens with zero attached hydrogens (tertiary/aromatic N) is 3.